The summed E-state index contributed by atoms with van der Waals surface area (Å²) in [6.45, 7) is 7.57. The molecule has 1 saturated carbocycles. The number of hydrogen-bond donors (Lipinski definition) is 2. The summed E-state index contributed by atoms with van der Waals surface area (Å²) in [6, 6.07) is 6.16. The minimum absolute atomic E-state index is 0.219. The molecule has 0 spiro atoms. The molecule has 1 aliphatic carbocycles. The number of hydrogen-bond acceptors (Lipinski definition) is 2. The van der Waals surface area contributed by atoms with Crippen molar-refractivity contribution in [2.24, 2.45) is 11.8 Å². The van der Waals surface area contributed by atoms with Crippen molar-refractivity contribution in [3.8, 4) is 5.75 Å². The molecule has 0 heterocycles. The fourth-order valence-electron chi connectivity index (χ4n) is 3.46. The zero-order valence-electron chi connectivity index (χ0n) is 13.2. The van der Waals surface area contributed by atoms with E-state index in [9.17, 15) is 5.11 Å². The van der Waals surface area contributed by atoms with E-state index in [1.807, 2.05) is 19.1 Å². The Morgan fingerprint density at radius 1 is 1.35 bits per heavy atom. The number of phenolic OH excluding ortho intramolecular Hbond substituents is 1. The fourth-order valence-corrected chi connectivity index (χ4v) is 3.46. The van der Waals surface area contributed by atoms with Crippen molar-refractivity contribution in [2.75, 3.05) is 6.54 Å². The van der Waals surface area contributed by atoms with Crippen molar-refractivity contribution >= 4 is 0 Å². The third kappa shape index (κ3) is 4.24. The monoisotopic (exact) mass is 275 g/mol. The van der Waals surface area contributed by atoms with E-state index in [1.54, 1.807) is 0 Å². The van der Waals surface area contributed by atoms with Gasteiger partial charge in [0.15, 0.2) is 0 Å². The summed E-state index contributed by atoms with van der Waals surface area (Å²) in [5, 5.41) is 13.6. The molecule has 0 radical (unpaired) electrons. The van der Waals surface area contributed by atoms with Gasteiger partial charge in [-0.3, -0.25) is 0 Å². The average Bonchev–Trinajstić information content (AvgIpc) is 2.38. The van der Waals surface area contributed by atoms with E-state index in [0.717, 1.165) is 29.5 Å². The molecule has 2 N–H and O–H groups in total. The fraction of sp³-hybridized carbons (Fsp3) is 0.667. The highest BCUT2D eigenvalue weighted by Crippen LogP contribution is 2.31. The summed E-state index contributed by atoms with van der Waals surface area (Å²) in [5.41, 5.74) is 2.11. The molecule has 2 nitrogen and oxygen atoms in total. The van der Waals surface area contributed by atoms with E-state index in [1.165, 1.54) is 32.1 Å². The molecule has 112 valence electrons. The van der Waals surface area contributed by atoms with Crippen LogP contribution in [0, 0.1) is 18.8 Å². The first-order valence-electron chi connectivity index (χ1n) is 8.09. The first kappa shape index (κ1) is 15.4. The molecule has 2 rings (SSSR count). The first-order chi connectivity index (χ1) is 9.56. The smallest absolute Gasteiger partial charge is 0.120 e. The largest absolute Gasteiger partial charge is 0.508 e. The van der Waals surface area contributed by atoms with Crippen LogP contribution in [0.25, 0.3) is 0 Å². The van der Waals surface area contributed by atoms with Gasteiger partial charge in [0.2, 0.25) is 0 Å². The Balaban J connectivity index is 1.78. The molecule has 2 heteroatoms. The lowest BCUT2D eigenvalue weighted by molar-refractivity contribution is 0.265. The first-order valence-corrected chi connectivity index (χ1v) is 8.09. The summed E-state index contributed by atoms with van der Waals surface area (Å²) in [4.78, 5) is 0. The molecular weight excluding hydrogens is 246 g/mol. The van der Waals surface area contributed by atoms with E-state index < -0.39 is 0 Å². The zero-order valence-corrected chi connectivity index (χ0v) is 13.2. The Hall–Kier alpha value is -1.02. The number of nitrogens with one attached hydrogen (secondary N) is 1. The minimum atomic E-state index is 0.219. The lowest BCUT2D eigenvalue weighted by atomic mass is 9.81. The van der Waals surface area contributed by atoms with Crippen molar-refractivity contribution in [3.05, 3.63) is 29.3 Å². The molecular formula is C18H29NO. The van der Waals surface area contributed by atoms with Crippen LogP contribution in [0.5, 0.6) is 5.75 Å². The van der Waals surface area contributed by atoms with E-state index in [-0.39, 0.29) is 6.04 Å². The van der Waals surface area contributed by atoms with Gasteiger partial charge in [-0.05, 0) is 56.7 Å². The summed E-state index contributed by atoms with van der Waals surface area (Å²) in [5.74, 6) is 2.22. The second kappa shape index (κ2) is 7.12. The van der Waals surface area contributed by atoms with Gasteiger partial charge in [0, 0.05) is 11.6 Å². The number of phenols is 1. The highest BCUT2D eigenvalue weighted by atomic mass is 16.3. The Kier molecular flexibility index (Phi) is 5.47. The van der Waals surface area contributed by atoms with Gasteiger partial charge >= 0.3 is 0 Å². The minimum Gasteiger partial charge on any atom is -0.508 e. The van der Waals surface area contributed by atoms with Gasteiger partial charge in [0.1, 0.15) is 5.75 Å². The second-order valence-electron chi connectivity index (χ2n) is 6.66. The van der Waals surface area contributed by atoms with Crippen LogP contribution >= 0.6 is 0 Å². The Bertz CT molecular complexity index is 429. The maximum absolute atomic E-state index is 10.0. The van der Waals surface area contributed by atoms with Crippen LogP contribution in [0.15, 0.2) is 18.2 Å². The molecule has 3 atom stereocenters. The molecule has 20 heavy (non-hydrogen) atoms. The molecule has 1 aromatic carbocycles. The van der Waals surface area contributed by atoms with Crippen molar-refractivity contribution in [1.82, 2.24) is 5.32 Å². The Labute approximate surface area is 123 Å². The van der Waals surface area contributed by atoms with Gasteiger partial charge in [-0.2, -0.15) is 0 Å². The predicted octanol–water partition coefficient (Wildman–Crippen LogP) is 4.57. The number of aryl methyl sites for hydroxylation is 1. The van der Waals surface area contributed by atoms with Gasteiger partial charge in [0.25, 0.3) is 0 Å². The molecule has 0 amide bonds. The topological polar surface area (TPSA) is 32.3 Å². The van der Waals surface area contributed by atoms with Crippen molar-refractivity contribution in [2.45, 2.75) is 58.9 Å². The quantitative estimate of drug-likeness (QED) is 0.825. The molecule has 3 unspecified atom stereocenters. The van der Waals surface area contributed by atoms with E-state index in [4.69, 9.17) is 0 Å². The van der Waals surface area contributed by atoms with Crippen LogP contribution in [-0.2, 0) is 0 Å². The lowest BCUT2D eigenvalue weighted by Gasteiger charge is -2.27. The van der Waals surface area contributed by atoms with Crippen LogP contribution in [0.3, 0.4) is 0 Å². The number of aromatic hydroxyl groups is 1. The Morgan fingerprint density at radius 3 is 2.85 bits per heavy atom. The SMILES string of the molecule is Cc1ccc(C(C)NCCC2CCCC(C)C2)c(O)c1. The summed E-state index contributed by atoms with van der Waals surface area (Å²) in [7, 11) is 0. The van der Waals surface area contributed by atoms with E-state index in [2.05, 4.69) is 25.2 Å². The van der Waals surface area contributed by atoms with Gasteiger partial charge < -0.3 is 10.4 Å². The summed E-state index contributed by atoms with van der Waals surface area (Å²) >= 11 is 0. The standard InChI is InChI=1S/C18H29NO/c1-13-5-4-6-16(11-13)9-10-19-15(3)17-8-7-14(2)12-18(17)20/h7-8,12-13,15-16,19-20H,4-6,9-11H2,1-3H3. The van der Waals surface area contributed by atoms with Crippen LogP contribution in [-0.4, -0.2) is 11.7 Å². The molecule has 0 saturated heterocycles. The van der Waals surface area contributed by atoms with Gasteiger partial charge in [-0.1, -0.05) is 38.3 Å². The van der Waals surface area contributed by atoms with E-state index >= 15 is 0 Å². The predicted molar refractivity (Wildman–Crippen MR) is 85.0 cm³/mol. The highest BCUT2D eigenvalue weighted by molar-refractivity contribution is 5.37. The van der Waals surface area contributed by atoms with Crippen LogP contribution in [0.1, 0.15) is 63.1 Å². The number of benzene rings is 1. The maximum Gasteiger partial charge on any atom is 0.120 e. The van der Waals surface area contributed by atoms with Gasteiger partial charge in [-0.25, -0.2) is 0 Å². The lowest BCUT2D eigenvalue weighted by Crippen LogP contribution is -2.24. The molecule has 0 aliphatic heterocycles. The molecule has 1 fully saturated rings. The average molecular weight is 275 g/mol. The summed E-state index contributed by atoms with van der Waals surface area (Å²) in [6.07, 6.45) is 6.88. The molecule has 1 aromatic rings. The second-order valence-corrected chi connectivity index (χ2v) is 6.66. The van der Waals surface area contributed by atoms with Crippen molar-refractivity contribution < 1.29 is 5.11 Å². The third-order valence-electron chi connectivity index (χ3n) is 4.70. The van der Waals surface area contributed by atoms with E-state index in [0.29, 0.717) is 5.75 Å². The maximum atomic E-state index is 10.0. The van der Waals surface area contributed by atoms with Crippen LogP contribution in [0.2, 0.25) is 0 Å². The van der Waals surface area contributed by atoms with Crippen molar-refractivity contribution in [3.63, 3.8) is 0 Å². The molecule has 0 bridgehead atoms. The number of rotatable bonds is 5. The van der Waals surface area contributed by atoms with Crippen molar-refractivity contribution in [1.29, 1.82) is 0 Å². The summed E-state index contributed by atoms with van der Waals surface area (Å²) < 4.78 is 0. The molecule has 1 aliphatic rings. The Morgan fingerprint density at radius 2 is 2.15 bits per heavy atom. The van der Waals surface area contributed by atoms with Crippen LogP contribution in [0.4, 0.5) is 0 Å². The highest BCUT2D eigenvalue weighted by Gasteiger charge is 2.18. The van der Waals surface area contributed by atoms with Gasteiger partial charge in [0.05, 0.1) is 0 Å². The molecule has 0 aromatic heterocycles. The van der Waals surface area contributed by atoms with Crippen LogP contribution < -0.4 is 5.32 Å². The normalized spacial score (nSPS) is 24.6. The van der Waals surface area contributed by atoms with Gasteiger partial charge in [-0.15, -0.1) is 0 Å². The zero-order chi connectivity index (χ0) is 14.5. The third-order valence-corrected chi connectivity index (χ3v) is 4.70.